The highest BCUT2D eigenvalue weighted by Gasteiger charge is 2.26. The summed E-state index contributed by atoms with van der Waals surface area (Å²) in [6.07, 6.45) is 2.99. The van der Waals surface area contributed by atoms with Crippen molar-refractivity contribution >= 4 is 23.1 Å². The molecule has 37 heavy (non-hydrogen) atoms. The van der Waals surface area contributed by atoms with E-state index >= 15 is 0 Å². The van der Waals surface area contributed by atoms with Crippen molar-refractivity contribution in [3.63, 3.8) is 0 Å². The lowest BCUT2D eigenvalue weighted by molar-refractivity contribution is 0.100. The highest BCUT2D eigenvalue weighted by atomic mass is 19.2. The topological polar surface area (TPSA) is 83.3 Å². The van der Waals surface area contributed by atoms with Gasteiger partial charge in [-0.3, -0.25) is 9.69 Å². The molecule has 6 nitrogen and oxygen atoms in total. The third-order valence-corrected chi connectivity index (χ3v) is 6.73. The van der Waals surface area contributed by atoms with Crippen molar-refractivity contribution in [3.05, 3.63) is 83.1 Å². The Kier molecular flexibility index (Phi) is 8.60. The number of carbonyl (C=O) groups is 1. The van der Waals surface area contributed by atoms with E-state index in [0.29, 0.717) is 30.5 Å². The summed E-state index contributed by atoms with van der Waals surface area (Å²) >= 11 is 0. The highest BCUT2D eigenvalue weighted by Crippen LogP contribution is 2.30. The molecular formula is C27H29F4N5O. The largest absolute Gasteiger partial charge is 0.380 e. The zero-order valence-electron chi connectivity index (χ0n) is 20.2. The monoisotopic (exact) mass is 515 g/mol. The number of aromatic nitrogens is 1. The zero-order chi connectivity index (χ0) is 26.4. The van der Waals surface area contributed by atoms with Crippen molar-refractivity contribution in [2.24, 2.45) is 5.73 Å². The number of halogens is 4. The summed E-state index contributed by atoms with van der Waals surface area (Å²) in [5.74, 6) is -1.88. The van der Waals surface area contributed by atoms with Gasteiger partial charge in [0.05, 0.1) is 17.3 Å². The predicted octanol–water partition coefficient (Wildman–Crippen LogP) is 5.30. The fourth-order valence-corrected chi connectivity index (χ4v) is 4.56. The van der Waals surface area contributed by atoms with Crippen LogP contribution in [-0.2, 0) is 6.54 Å². The van der Waals surface area contributed by atoms with Gasteiger partial charge in [0, 0.05) is 30.1 Å². The van der Waals surface area contributed by atoms with Gasteiger partial charge in [0.2, 0.25) is 0 Å². The highest BCUT2D eigenvalue weighted by molar-refractivity contribution is 5.98. The van der Waals surface area contributed by atoms with Gasteiger partial charge in [0.15, 0.2) is 11.6 Å². The van der Waals surface area contributed by atoms with E-state index in [0.717, 1.165) is 30.2 Å². The minimum absolute atomic E-state index is 0.0573. The summed E-state index contributed by atoms with van der Waals surface area (Å²) in [6, 6.07) is 12.6. The minimum Gasteiger partial charge on any atom is -0.380 e. The Balaban J connectivity index is 1.42. The number of nitrogens with two attached hydrogens (primary N) is 1. The quantitative estimate of drug-likeness (QED) is 0.319. The molecule has 1 aliphatic heterocycles. The molecular weight excluding hydrogens is 486 g/mol. The standard InChI is InChI=1S/C27H29F4N5O/c28-13-21(14-29)36-10-8-18(9-11-36)17-4-6-20(7-5-17)35-25-12-24(22(16-34-25)27(32)37)33-15-19-2-1-3-23(30)26(19)31/h1-7,12,16,18,21H,8-11,13-15H2,(H2,32,37)(H2,33,34,35). The normalized spacial score (nSPS) is 14.6. The summed E-state index contributed by atoms with van der Waals surface area (Å²) < 4.78 is 53.5. The molecule has 1 fully saturated rings. The van der Waals surface area contributed by atoms with E-state index in [2.05, 4.69) is 15.6 Å². The maximum absolute atomic E-state index is 14.0. The van der Waals surface area contributed by atoms with Crippen molar-refractivity contribution in [3.8, 4) is 0 Å². The van der Waals surface area contributed by atoms with Crippen LogP contribution in [0.4, 0.5) is 34.8 Å². The van der Waals surface area contributed by atoms with Gasteiger partial charge in [-0.2, -0.15) is 0 Å². The van der Waals surface area contributed by atoms with Crippen LogP contribution in [0.3, 0.4) is 0 Å². The molecule has 1 aromatic heterocycles. The Morgan fingerprint density at radius 1 is 1.08 bits per heavy atom. The summed E-state index contributed by atoms with van der Waals surface area (Å²) in [7, 11) is 0. The Bertz CT molecular complexity index is 1210. The van der Waals surface area contributed by atoms with Crippen LogP contribution in [0.25, 0.3) is 0 Å². The van der Waals surface area contributed by atoms with Crippen molar-refractivity contribution in [1.29, 1.82) is 0 Å². The second kappa shape index (κ2) is 12.1. The fourth-order valence-electron chi connectivity index (χ4n) is 4.56. The molecule has 196 valence electrons. The lowest BCUT2D eigenvalue weighted by Crippen LogP contribution is -2.43. The van der Waals surface area contributed by atoms with Crippen molar-refractivity contribution in [1.82, 2.24) is 9.88 Å². The number of anilines is 3. The molecule has 0 bridgehead atoms. The van der Waals surface area contributed by atoms with Gasteiger partial charge in [-0.05, 0) is 55.6 Å². The predicted molar refractivity (Wildman–Crippen MR) is 135 cm³/mol. The van der Waals surface area contributed by atoms with Crippen LogP contribution in [0, 0.1) is 11.6 Å². The van der Waals surface area contributed by atoms with Crippen LogP contribution in [0.1, 0.15) is 40.2 Å². The van der Waals surface area contributed by atoms with Crippen LogP contribution in [0.15, 0.2) is 54.7 Å². The molecule has 1 aliphatic rings. The molecule has 4 N–H and O–H groups in total. The van der Waals surface area contributed by atoms with Gasteiger partial charge in [-0.1, -0.05) is 24.3 Å². The Labute approximate surface area is 212 Å². The smallest absolute Gasteiger partial charge is 0.252 e. The number of hydrogen-bond acceptors (Lipinski definition) is 5. The number of piperidine rings is 1. The maximum Gasteiger partial charge on any atom is 0.252 e. The second-order valence-electron chi connectivity index (χ2n) is 9.07. The minimum atomic E-state index is -0.960. The molecule has 2 aromatic carbocycles. The molecule has 0 spiro atoms. The number of primary amides is 1. The van der Waals surface area contributed by atoms with Crippen LogP contribution < -0.4 is 16.4 Å². The first kappa shape index (κ1) is 26.4. The third kappa shape index (κ3) is 6.37. The number of benzene rings is 2. The second-order valence-corrected chi connectivity index (χ2v) is 9.07. The summed E-state index contributed by atoms with van der Waals surface area (Å²) in [5.41, 5.74) is 7.92. The van der Waals surface area contributed by atoms with E-state index in [9.17, 15) is 22.4 Å². The maximum atomic E-state index is 14.0. The summed E-state index contributed by atoms with van der Waals surface area (Å²) in [4.78, 5) is 18.0. The first-order chi connectivity index (χ1) is 17.9. The van der Waals surface area contributed by atoms with Crippen LogP contribution >= 0.6 is 0 Å². The first-order valence-corrected chi connectivity index (χ1v) is 12.1. The number of hydrogen-bond donors (Lipinski definition) is 3. The van der Waals surface area contributed by atoms with Crippen LogP contribution in [-0.4, -0.2) is 48.3 Å². The Hall–Kier alpha value is -3.66. The first-order valence-electron chi connectivity index (χ1n) is 12.1. The number of nitrogens with one attached hydrogen (secondary N) is 2. The lowest BCUT2D eigenvalue weighted by atomic mass is 9.89. The number of amides is 1. The number of likely N-dealkylation sites (tertiary alicyclic amines) is 1. The van der Waals surface area contributed by atoms with E-state index in [1.807, 2.05) is 29.2 Å². The number of carbonyl (C=O) groups excluding carboxylic acids is 1. The Morgan fingerprint density at radius 2 is 1.78 bits per heavy atom. The summed E-state index contributed by atoms with van der Waals surface area (Å²) in [5, 5.41) is 6.11. The van der Waals surface area contributed by atoms with Gasteiger partial charge in [-0.15, -0.1) is 0 Å². The van der Waals surface area contributed by atoms with E-state index < -0.39 is 36.9 Å². The lowest BCUT2D eigenvalue weighted by Gasteiger charge is -2.35. The van der Waals surface area contributed by atoms with E-state index in [-0.39, 0.29) is 17.7 Å². The zero-order valence-corrected chi connectivity index (χ0v) is 20.2. The molecule has 0 atom stereocenters. The van der Waals surface area contributed by atoms with Gasteiger partial charge >= 0.3 is 0 Å². The molecule has 0 unspecified atom stereocenters. The number of alkyl halides is 2. The molecule has 4 rings (SSSR count). The fraction of sp³-hybridized carbons (Fsp3) is 0.333. The molecule has 10 heteroatoms. The number of nitrogens with zero attached hydrogens (tertiary/aromatic N) is 2. The molecule has 1 amide bonds. The van der Waals surface area contributed by atoms with Crippen LogP contribution in [0.2, 0.25) is 0 Å². The SMILES string of the molecule is NC(=O)c1cnc(Nc2ccc(C3CCN(C(CF)CF)CC3)cc2)cc1NCc1cccc(F)c1F. The molecule has 0 saturated carbocycles. The van der Waals surface area contributed by atoms with Crippen LogP contribution in [0.5, 0.6) is 0 Å². The van der Waals surface area contributed by atoms with E-state index in [1.165, 1.54) is 18.3 Å². The van der Waals surface area contributed by atoms with Crippen molar-refractivity contribution in [2.75, 3.05) is 37.1 Å². The van der Waals surface area contributed by atoms with E-state index in [4.69, 9.17) is 5.73 Å². The number of pyridine rings is 1. The summed E-state index contributed by atoms with van der Waals surface area (Å²) in [6.45, 7) is -0.0781. The average Bonchev–Trinajstić information content (AvgIpc) is 2.91. The molecule has 3 aromatic rings. The average molecular weight is 516 g/mol. The Morgan fingerprint density at radius 3 is 2.43 bits per heavy atom. The van der Waals surface area contributed by atoms with Crippen molar-refractivity contribution in [2.45, 2.75) is 31.3 Å². The molecule has 2 heterocycles. The van der Waals surface area contributed by atoms with Gasteiger partial charge in [0.1, 0.15) is 19.2 Å². The third-order valence-electron chi connectivity index (χ3n) is 6.73. The molecule has 0 aliphatic carbocycles. The van der Waals surface area contributed by atoms with Gasteiger partial charge in [0.25, 0.3) is 5.91 Å². The molecule has 0 radical (unpaired) electrons. The number of rotatable bonds is 10. The molecule has 1 saturated heterocycles. The van der Waals surface area contributed by atoms with Crippen molar-refractivity contribution < 1.29 is 22.4 Å². The van der Waals surface area contributed by atoms with Gasteiger partial charge in [-0.25, -0.2) is 22.5 Å². The van der Waals surface area contributed by atoms with E-state index in [1.54, 1.807) is 6.07 Å². The van der Waals surface area contributed by atoms with Gasteiger partial charge < -0.3 is 16.4 Å².